The summed E-state index contributed by atoms with van der Waals surface area (Å²) < 4.78 is 5.88. The second kappa shape index (κ2) is 3.96. The number of nitro groups is 1. The molecule has 0 bridgehead atoms. The fourth-order valence-electron chi connectivity index (χ4n) is 1.17. The first-order chi connectivity index (χ1) is 7.66. The van der Waals surface area contributed by atoms with Crippen molar-refractivity contribution < 1.29 is 9.45 Å². The molecule has 9 heteroatoms. The first-order valence-electron chi connectivity index (χ1n) is 4.34. The van der Waals surface area contributed by atoms with Crippen molar-refractivity contribution in [3.8, 4) is 0 Å². The maximum absolute atomic E-state index is 10.7. The second-order valence-electron chi connectivity index (χ2n) is 2.99. The van der Waals surface area contributed by atoms with E-state index in [0.717, 1.165) is 0 Å². The fraction of sp³-hybridized carbons (Fsp3) is 0.286. The Labute approximate surface area is 89.2 Å². The zero-order chi connectivity index (χ0) is 11.5. The second-order valence-corrected chi connectivity index (χ2v) is 2.99. The van der Waals surface area contributed by atoms with E-state index in [4.69, 9.17) is 0 Å². The standard InChI is InChI=1S/C7H8N6O3/c1-12-3-5(13(14)15)7(10-12)8-2-6-9-4-16-11-6/h3-4H,2H2,1H3,(H,8,10). The molecule has 84 valence electrons. The van der Waals surface area contributed by atoms with Crippen LogP contribution in [0.25, 0.3) is 0 Å². The quantitative estimate of drug-likeness (QED) is 0.587. The SMILES string of the molecule is Cn1cc([N+](=O)[O-])c(NCc2ncon2)n1. The summed E-state index contributed by atoms with van der Waals surface area (Å²) in [6.45, 7) is 0.217. The summed E-state index contributed by atoms with van der Waals surface area (Å²) in [6, 6.07) is 0. The van der Waals surface area contributed by atoms with E-state index in [9.17, 15) is 10.1 Å². The van der Waals surface area contributed by atoms with Gasteiger partial charge in [0.1, 0.15) is 6.20 Å². The zero-order valence-electron chi connectivity index (χ0n) is 8.32. The maximum Gasteiger partial charge on any atom is 0.330 e. The average Bonchev–Trinajstić information content (AvgIpc) is 2.83. The predicted molar refractivity (Wildman–Crippen MR) is 51.5 cm³/mol. The number of hydrogen-bond acceptors (Lipinski definition) is 7. The monoisotopic (exact) mass is 224 g/mol. The number of anilines is 1. The smallest absolute Gasteiger partial charge is 0.330 e. The molecule has 9 nitrogen and oxygen atoms in total. The number of aryl methyl sites for hydroxylation is 1. The molecule has 0 saturated heterocycles. The third-order valence-corrected chi connectivity index (χ3v) is 1.83. The first-order valence-corrected chi connectivity index (χ1v) is 4.34. The molecule has 2 aromatic rings. The van der Waals surface area contributed by atoms with Crippen LogP contribution >= 0.6 is 0 Å². The van der Waals surface area contributed by atoms with E-state index in [1.54, 1.807) is 7.05 Å². The van der Waals surface area contributed by atoms with Crippen molar-refractivity contribution in [3.63, 3.8) is 0 Å². The van der Waals surface area contributed by atoms with Crippen LogP contribution in [-0.2, 0) is 13.6 Å². The van der Waals surface area contributed by atoms with Crippen LogP contribution in [0.4, 0.5) is 11.5 Å². The molecule has 0 aliphatic rings. The summed E-state index contributed by atoms with van der Waals surface area (Å²) >= 11 is 0. The van der Waals surface area contributed by atoms with Crippen molar-refractivity contribution in [1.82, 2.24) is 19.9 Å². The molecule has 2 aromatic heterocycles. The van der Waals surface area contributed by atoms with Crippen LogP contribution in [-0.4, -0.2) is 24.8 Å². The van der Waals surface area contributed by atoms with E-state index >= 15 is 0 Å². The van der Waals surface area contributed by atoms with E-state index < -0.39 is 4.92 Å². The Morgan fingerprint density at radius 1 is 1.69 bits per heavy atom. The largest absolute Gasteiger partial charge is 0.355 e. The summed E-state index contributed by atoms with van der Waals surface area (Å²) in [5.74, 6) is 0.581. The van der Waals surface area contributed by atoms with Crippen LogP contribution in [0, 0.1) is 10.1 Å². The fourth-order valence-corrected chi connectivity index (χ4v) is 1.17. The lowest BCUT2D eigenvalue weighted by Gasteiger charge is -1.97. The van der Waals surface area contributed by atoms with Crippen molar-refractivity contribution >= 4 is 11.5 Å². The average molecular weight is 224 g/mol. The Balaban J connectivity index is 2.12. The third-order valence-electron chi connectivity index (χ3n) is 1.83. The molecule has 16 heavy (non-hydrogen) atoms. The molecule has 1 N–H and O–H groups in total. The van der Waals surface area contributed by atoms with Gasteiger partial charge in [0.25, 0.3) is 0 Å². The molecule has 0 aromatic carbocycles. The Hall–Kier alpha value is -2.45. The van der Waals surface area contributed by atoms with Crippen LogP contribution in [0.5, 0.6) is 0 Å². The van der Waals surface area contributed by atoms with Crippen LogP contribution in [0.1, 0.15) is 5.82 Å². The Morgan fingerprint density at radius 2 is 2.50 bits per heavy atom. The molecular formula is C7H8N6O3. The van der Waals surface area contributed by atoms with E-state index in [1.165, 1.54) is 17.3 Å². The third kappa shape index (κ3) is 1.97. The summed E-state index contributed by atoms with van der Waals surface area (Å²) in [6.07, 6.45) is 2.50. The van der Waals surface area contributed by atoms with Gasteiger partial charge in [0.05, 0.1) is 11.5 Å². The van der Waals surface area contributed by atoms with Gasteiger partial charge in [-0.1, -0.05) is 5.16 Å². The molecule has 0 atom stereocenters. The summed E-state index contributed by atoms with van der Waals surface area (Å²) in [4.78, 5) is 13.9. The predicted octanol–water partition coefficient (Wildman–Crippen LogP) is 0.323. The van der Waals surface area contributed by atoms with Gasteiger partial charge in [-0.05, 0) is 0 Å². The van der Waals surface area contributed by atoms with E-state index in [1.807, 2.05) is 0 Å². The molecule has 2 rings (SSSR count). The topological polar surface area (TPSA) is 112 Å². The van der Waals surface area contributed by atoms with Crippen LogP contribution < -0.4 is 5.32 Å². The Morgan fingerprint density at radius 3 is 3.12 bits per heavy atom. The number of nitrogens with one attached hydrogen (secondary N) is 1. The molecule has 0 fully saturated rings. The highest BCUT2D eigenvalue weighted by Crippen LogP contribution is 2.21. The lowest BCUT2D eigenvalue weighted by atomic mass is 10.5. The lowest BCUT2D eigenvalue weighted by Crippen LogP contribution is -2.03. The van der Waals surface area contributed by atoms with E-state index in [2.05, 4.69) is 25.1 Å². The number of aromatic nitrogens is 4. The lowest BCUT2D eigenvalue weighted by molar-refractivity contribution is -0.384. The summed E-state index contributed by atoms with van der Waals surface area (Å²) in [5, 5.41) is 20.9. The molecular weight excluding hydrogens is 216 g/mol. The Kier molecular flexibility index (Phi) is 2.50. The van der Waals surface area contributed by atoms with Crippen molar-refractivity contribution in [2.75, 3.05) is 5.32 Å². The van der Waals surface area contributed by atoms with Gasteiger partial charge in [0.2, 0.25) is 12.2 Å². The molecule has 0 unspecified atom stereocenters. The highest BCUT2D eigenvalue weighted by atomic mass is 16.6. The van der Waals surface area contributed by atoms with Crippen LogP contribution in [0.3, 0.4) is 0 Å². The van der Waals surface area contributed by atoms with Crippen molar-refractivity contribution in [3.05, 3.63) is 28.5 Å². The molecule has 0 amide bonds. The van der Waals surface area contributed by atoms with Crippen LogP contribution in [0.2, 0.25) is 0 Å². The highest BCUT2D eigenvalue weighted by Gasteiger charge is 2.18. The van der Waals surface area contributed by atoms with E-state index in [0.29, 0.717) is 5.82 Å². The van der Waals surface area contributed by atoms with Crippen LogP contribution in [0.15, 0.2) is 17.1 Å². The number of rotatable bonds is 4. The minimum atomic E-state index is -0.508. The minimum Gasteiger partial charge on any atom is -0.355 e. The van der Waals surface area contributed by atoms with Gasteiger partial charge in [-0.25, -0.2) is 0 Å². The molecule has 0 aliphatic carbocycles. The zero-order valence-corrected chi connectivity index (χ0v) is 8.32. The van der Waals surface area contributed by atoms with Gasteiger partial charge in [-0.15, -0.1) is 5.10 Å². The highest BCUT2D eigenvalue weighted by molar-refractivity contribution is 5.54. The summed E-state index contributed by atoms with van der Waals surface area (Å²) in [5.41, 5.74) is -0.0917. The van der Waals surface area contributed by atoms with Crippen molar-refractivity contribution in [2.24, 2.45) is 7.05 Å². The Bertz CT molecular complexity index is 490. The molecule has 2 heterocycles. The molecule has 0 radical (unpaired) electrons. The van der Waals surface area contributed by atoms with E-state index in [-0.39, 0.29) is 18.1 Å². The van der Waals surface area contributed by atoms with Gasteiger partial charge in [-0.2, -0.15) is 4.98 Å². The van der Waals surface area contributed by atoms with Crippen molar-refractivity contribution in [1.29, 1.82) is 0 Å². The van der Waals surface area contributed by atoms with Crippen molar-refractivity contribution in [2.45, 2.75) is 6.54 Å². The van der Waals surface area contributed by atoms with Gasteiger partial charge in [0.15, 0.2) is 5.82 Å². The first kappa shape index (κ1) is 10.1. The minimum absolute atomic E-state index is 0.0917. The van der Waals surface area contributed by atoms with Gasteiger partial charge < -0.3 is 9.84 Å². The van der Waals surface area contributed by atoms with Gasteiger partial charge in [0, 0.05) is 7.05 Å². The normalized spacial score (nSPS) is 10.3. The number of nitrogens with zero attached hydrogens (tertiary/aromatic N) is 5. The van der Waals surface area contributed by atoms with Gasteiger partial charge >= 0.3 is 5.69 Å². The summed E-state index contributed by atoms with van der Waals surface area (Å²) in [7, 11) is 1.60. The molecule has 0 saturated carbocycles. The molecule has 0 spiro atoms. The molecule has 0 aliphatic heterocycles. The number of hydrogen-bond donors (Lipinski definition) is 1. The van der Waals surface area contributed by atoms with Gasteiger partial charge in [-0.3, -0.25) is 14.8 Å². The maximum atomic E-state index is 10.7.